The fraction of sp³-hybridized carbons (Fsp3) is 0.375. The molecule has 0 fully saturated rings. The zero-order valence-electron chi connectivity index (χ0n) is 19.5. The van der Waals surface area contributed by atoms with E-state index in [1.807, 2.05) is 55.9 Å². The summed E-state index contributed by atoms with van der Waals surface area (Å²) in [5, 5.41) is 10.8. The predicted molar refractivity (Wildman–Crippen MR) is 131 cm³/mol. The Morgan fingerprint density at radius 1 is 1.15 bits per heavy atom. The summed E-state index contributed by atoms with van der Waals surface area (Å²) in [6.45, 7) is 7.37. The van der Waals surface area contributed by atoms with Gasteiger partial charge in [-0.2, -0.15) is 0 Å². The minimum absolute atomic E-state index is 0.117. The number of esters is 1. The number of aryl methyl sites for hydroxylation is 2. The molecular weight excluding hydrogens is 442 g/mol. The zero-order valence-corrected chi connectivity index (χ0v) is 20.4. The van der Waals surface area contributed by atoms with E-state index in [0.717, 1.165) is 32.4 Å². The summed E-state index contributed by atoms with van der Waals surface area (Å²) >= 11 is 1.09. The molecule has 33 heavy (non-hydrogen) atoms. The van der Waals surface area contributed by atoms with Crippen molar-refractivity contribution in [1.29, 1.82) is 0 Å². The Labute approximate surface area is 195 Å². The van der Waals surface area contributed by atoms with Crippen LogP contribution in [0.25, 0.3) is 21.1 Å². The van der Waals surface area contributed by atoms with Crippen LogP contribution in [0.3, 0.4) is 0 Å². The molecule has 0 radical (unpaired) electrons. The molecule has 4 rings (SSSR count). The minimum atomic E-state index is -0.518. The Balaban J connectivity index is 0.00000149. The van der Waals surface area contributed by atoms with Crippen LogP contribution in [0.4, 0.5) is 0 Å². The average molecular weight is 472 g/mol. The summed E-state index contributed by atoms with van der Waals surface area (Å²) in [5.41, 5.74) is 1.38. The number of ether oxygens (including phenoxy) is 1. The number of carbonyl (C=O) groups is 1. The van der Waals surface area contributed by atoms with E-state index < -0.39 is 17.2 Å². The number of hydrogen-bond donors (Lipinski definition) is 1. The van der Waals surface area contributed by atoms with Crippen LogP contribution >= 0.6 is 11.3 Å². The lowest BCUT2D eigenvalue weighted by molar-refractivity contribution is 0.0531. The molecule has 0 unspecified atom stereocenters. The molecule has 1 aromatic carbocycles. The molecule has 0 bridgehead atoms. The van der Waals surface area contributed by atoms with Gasteiger partial charge in [-0.25, -0.2) is 9.59 Å². The SMILES string of the molecule is CC.CCOC(=O)c1sc2c(c1C)c(=O)n(CCO)c(=O)n2Cc1ccc2ccn(C)c2c1. The number of carbonyl (C=O) groups excluding carboxylic acids is 1. The summed E-state index contributed by atoms with van der Waals surface area (Å²) in [7, 11) is 1.95. The van der Waals surface area contributed by atoms with Crippen LogP contribution in [0.1, 0.15) is 41.6 Å². The zero-order chi connectivity index (χ0) is 24.3. The van der Waals surface area contributed by atoms with Crippen molar-refractivity contribution in [3.63, 3.8) is 0 Å². The van der Waals surface area contributed by atoms with Gasteiger partial charge in [0.05, 0.1) is 31.7 Å². The van der Waals surface area contributed by atoms with E-state index in [4.69, 9.17) is 4.74 Å². The molecule has 0 aliphatic rings. The predicted octanol–water partition coefficient (Wildman–Crippen LogP) is 3.27. The summed E-state index contributed by atoms with van der Waals surface area (Å²) in [6.07, 6.45) is 1.97. The third-order valence-electron chi connectivity index (χ3n) is 5.37. The number of nitrogens with zero attached hydrogens (tertiary/aromatic N) is 3. The highest BCUT2D eigenvalue weighted by atomic mass is 32.1. The number of aromatic nitrogens is 3. The standard InChI is InChI=1S/C22H23N3O5S.C2H6/c1-4-30-21(28)18-13(2)17-19(27)24(9-10-26)22(29)25(20(17)31-18)12-14-5-6-15-7-8-23(3)16(15)11-14;1-2/h5-8,11,26H,4,9-10,12H2,1-3H3;1-2H3. The number of hydrogen-bond acceptors (Lipinski definition) is 6. The van der Waals surface area contributed by atoms with Gasteiger partial charge in [-0.15, -0.1) is 11.3 Å². The number of benzene rings is 1. The minimum Gasteiger partial charge on any atom is -0.462 e. The van der Waals surface area contributed by atoms with Crippen LogP contribution in [0.15, 0.2) is 40.1 Å². The van der Waals surface area contributed by atoms with Crippen molar-refractivity contribution in [1.82, 2.24) is 13.7 Å². The second-order valence-corrected chi connectivity index (χ2v) is 8.32. The summed E-state index contributed by atoms with van der Waals surface area (Å²) in [5.74, 6) is -0.515. The van der Waals surface area contributed by atoms with Gasteiger partial charge in [0, 0.05) is 18.8 Å². The van der Waals surface area contributed by atoms with Crippen LogP contribution in [0.5, 0.6) is 0 Å². The Kier molecular flexibility index (Phi) is 7.55. The number of thiophene rings is 1. The number of aliphatic hydroxyl groups excluding tert-OH is 1. The molecule has 0 amide bonds. The maximum Gasteiger partial charge on any atom is 0.348 e. The lowest BCUT2D eigenvalue weighted by Gasteiger charge is -2.12. The van der Waals surface area contributed by atoms with Gasteiger partial charge in [0.25, 0.3) is 5.56 Å². The molecule has 8 nitrogen and oxygen atoms in total. The van der Waals surface area contributed by atoms with Gasteiger partial charge >= 0.3 is 11.7 Å². The van der Waals surface area contributed by atoms with Crippen molar-refractivity contribution >= 4 is 38.4 Å². The number of fused-ring (bicyclic) bond motifs is 2. The number of rotatable bonds is 6. The maximum absolute atomic E-state index is 13.2. The summed E-state index contributed by atoms with van der Waals surface area (Å²) < 4.78 is 9.65. The van der Waals surface area contributed by atoms with E-state index in [2.05, 4.69) is 0 Å². The van der Waals surface area contributed by atoms with E-state index in [9.17, 15) is 19.5 Å². The highest BCUT2D eigenvalue weighted by Crippen LogP contribution is 2.29. The molecule has 3 aromatic heterocycles. The fourth-order valence-electron chi connectivity index (χ4n) is 3.81. The average Bonchev–Trinajstić information content (AvgIpc) is 3.35. The van der Waals surface area contributed by atoms with E-state index in [-0.39, 0.29) is 26.3 Å². The smallest absolute Gasteiger partial charge is 0.348 e. The van der Waals surface area contributed by atoms with Gasteiger partial charge in [0.2, 0.25) is 0 Å². The Morgan fingerprint density at radius 3 is 2.55 bits per heavy atom. The Hall–Kier alpha value is -3.17. The highest BCUT2D eigenvalue weighted by Gasteiger charge is 2.24. The van der Waals surface area contributed by atoms with Gasteiger partial charge in [0.1, 0.15) is 9.71 Å². The first-order chi connectivity index (χ1) is 15.9. The van der Waals surface area contributed by atoms with E-state index >= 15 is 0 Å². The maximum atomic E-state index is 13.2. The summed E-state index contributed by atoms with van der Waals surface area (Å²) in [6, 6.07) is 7.94. The van der Waals surface area contributed by atoms with Crippen LogP contribution < -0.4 is 11.2 Å². The first-order valence-corrected chi connectivity index (χ1v) is 11.8. The fourth-order valence-corrected chi connectivity index (χ4v) is 5.00. The van der Waals surface area contributed by atoms with E-state index in [1.54, 1.807) is 13.8 Å². The van der Waals surface area contributed by atoms with Gasteiger partial charge < -0.3 is 14.4 Å². The van der Waals surface area contributed by atoms with Crippen molar-refractivity contribution in [3.05, 3.63) is 67.3 Å². The van der Waals surface area contributed by atoms with Crippen molar-refractivity contribution in [2.45, 2.75) is 40.8 Å². The normalized spacial score (nSPS) is 11.0. The van der Waals surface area contributed by atoms with Crippen molar-refractivity contribution in [3.8, 4) is 0 Å². The third-order valence-corrected chi connectivity index (χ3v) is 6.67. The van der Waals surface area contributed by atoms with E-state index in [0.29, 0.717) is 20.7 Å². The highest BCUT2D eigenvalue weighted by molar-refractivity contribution is 7.20. The molecular formula is C24H29N3O5S. The molecule has 3 heterocycles. The van der Waals surface area contributed by atoms with Crippen molar-refractivity contribution in [2.24, 2.45) is 7.05 Å². The molecule has 0 saturated heterocycles. The molecule has 176 valence electrons. The molecule has 0 aliphatic carbocycles. The molecule has 9 heteroatoms. The largest absolute Gasteiger partial charge is 0.462 e. The molecule has 0 atom stereocenters. The Bertz CT molecular complexity index is 1420. The first kappa shape index (κ1) is 24.5. The van der Waals surface area contributed by atoms with Crippen molar-refractivity contribution in [2.75, 3.05) is 13.2 Å². The number of aliphatic hydroxyl groups is 1. The Morgan fingerprint density at radius 2 is 1.88 bits per heavy atom. The van der Waals surface area contributed by atoms with Gasteiger partial charge in [-0.1, -0.05) is 26.0 Å². The van der Waals surface area contributed by atoms with Gasteiger partial charge in [-0.05, 0) is 42.5 Å². The van der Waals surface area contributed by atoms with Crippen molar-refractivity contribution < 1.29 is 14.6 Å². The monoisotopic (exact) mass is 471 g/mol. The quantitative estimate of drug-likeness (QED) is 0.436. The second-order valence-electron chi connectivity index (χ2n) is 7.33. The molecule has 0 aliphatic heterocycles. The summed E-state index contributed by atoms with van der Waals surface area (Å²) in [4.78, 5) is 39.4. The molecule has 1 N–H and O–H groups in total. The second kappa shape index (κ2) is 10.2. The third kappa shape index (κ3) is 4.38. The van der Waals surface area contributed by atoms with Crippen LogP contribution in [-0.4, -0.2) is 38.0 Å². The van der Waals surface area contributed by atoms with Gasteiger partial charge in [0.15, 0.2) is 0 Å². The van der Waals surface area contributed by atoms with Gasteiger partial charge in [-0.3, -0.25) is 13.9 Å². The molecule has 0 spiro atoms. The molecule has 4 aromatic rings. The first-order valence-electron chi connectivity index (χ1n) is 11.0. The van der Waals surface area contributed by atoms with Crippen LogP contribution in [0.2, 0.25) is 0 Å². The molecule has 0 saturated carbocycles. The lowest BCUT2D eigenvalue weighted by Crippen LogP contribution is -2.40. The van der Waals surface area contributed by atoms with E-state index in [1.165, 1.54) is 4.57 Å². The topological polar surface area (TPSA) is 95.5 Å². The lowest BCUT2D eigenvalue weighted by atomic mass is 10.1. The van der Waals surface area contributed by atoms with Crippen LogP contribution in [0, 0.1) is 6.92 Å². The van der Waals surface area contributed by atoms with Crippen LogP contribution in [-0.2, 0) is 24.9 Å².